The van der Waals surface area contributed by atoms with E-state index in [2.05, 4.69) is 10.6 Å². The van der Waals surface area contributed by atoms with Crippen LogP contribution < -0.4 is 25.7 Å². The fraction of sp³-hybridized carbons (Fsp3) is 0.406. The molecule has 3 aromatic rings. The fourth-order valence-corrected chi connectivity index (χ4v) is 6.18. The van der Waals surface area contributed by atoms with E-state index in [1.807, 2.05) is 6.92 Å². The number of halogens is 1. The Labute approximate surface area is 254 Å². The molecule has 5 rings (SSSR count). The van der Waals surface area contributed by atoms with E-state index in [0.29, 0.717) is 58.4 Å². The summed E-state index contributed by atoms with van der Waals surface area (Å²) in [6, 6.07) is 10.5. The highest BCUT2D eigenvalue weighted by Gasteiger charge is 2.28. The summed E-state index contributed by atoms with van der Waals surface area (Å²) in [6.45, 7) is 2.35. The topological polar surface area (TPSA) is 139 Å². The number of hydrogen-bond acceptors (Lipinski definition) is 6. The average molecular weight is 610 g/mol. The summed E-state index contributed by atoms with van der Waals surface area (Å²) >= 11 is 6.51. The quantitative estimate of drug-likeness (QED) is 0.215. The van der Waals surface area contributed by atoms with Crippen LogP contribution >= 0.6 is 11.6 Å². The molecule has 2 aliphatic carbocycles. The zero-order chi connectivity index (χ0) is 30.5. The van der Waals surface area contributed by atoms with Gasteiger partial charge in [-0.05, 0) is 81.7 Å². The van der Waals surface area contributed by atoms with Crippen molar-refractivity contribution < 1.29 is 29.3 Å². The molecule has 0 spiro atoms. The van der Waals surface area contributed by atoms with E-state index in [1.54, 1.807) is 42.5 Å². The van der Waals surface area contributed by atoms with Crippen molar-refractivity contribution in [2.45, 2.75) is 77.0 Å². The number of fused-ring (bicyclic) bond motifs is 1. The van der Waals surface area contributed by atoms with Crippen LogP contribution in [0.25, 0.3) is 0 Å². The number of hydrogen-bond donors (Lipinski definition) is 4. The maximum absolute atomic E-state index is 13.8. The minimum Gasteiger partial charge on any atom is -0.505 e. The van der Waals surface area contributed by atoms with Crippen LogP contribution in [0.2, 0.25) is 5.02 Å². The molecule has 1 fully saturated rings. The van der Waals surface area contributed by atoms with Crippen LogP contribution in [0.15, 0.2) is 47.3 Å². The third kappa shape index (κ3) is 6.91. The molecule has 2 aromatic carbocycles. The van der Waals surface area contributed by atoms with Crippen molar-refractivity contribution in [2.24, 2.45) is 0 Å². The number of aliphatic carboxylic acids is 1. The standard InChI is InChI=1S/C32H36ClN3O7/c1-2-42-27-15-7-13-24(33)23(27)18-36-26-14-6-12-22(26)30(39)29(31(36)40)35-32(41)34-25(17-28(37)38)19-8-5-11-21(16-19)43-20-9-3-4-10-20/h5,7-8,11,13,15-16,20,25,39H,2-4,6,9-10,12,14,17-18H2,1H3,(H,37,38)(H2,34,35,41)/t25-/m0/s1. The number of nitrogens with one attached hydrogen (secondary N) is 2. The Balaban J connectivity index is 1.42. The first-order valence-corrected chi connectivity index (χ1v) is 15.1. The summed E-state index contributed by atoms with van der Waals surface area (Å²) in [4.78, 5) is 38.8. The number of amides is 2. The van der Waals surface area contributed by atoms with E-state index >= 15 is 0 Å². The van der Waals surface area contributed by atoms with Gasteiger partial charge in [0.1, 0.15) is 17.2 Å². The van der Waals surface area contributed by atoms with E-state index in [4.69, 9.17) is 21.1 Å². The molecule has 228 valence electrons. The second-order valence-electron chi connectivity index (χ2n) is 10.9. The summed E-state index contributed by atoms with van der Waals surface area (Å²) in [5.41, 5.74) is 1.54. The molecular formula is C32H36ClN3O7. The minimum absolute atomic E-state index is 0.0855. The lowest BCUT2D eigenvalue weighted by atomic mass is 10.0. The molecule has 2 aliphatic rings. The lowest BCUT2D eigenvalue weighted by molar-refractivity contribution is -0.137. The summed E-state index contributed by atoms with van der Waals surface area (Å²) in [5, 5.41) is 26.3. The van der Waals surface area contributed by atoms with E-state index < -0.39 is 30.0 Å². The van der Waals surface area contributed by atoms with Crippen LogP contribution in [0.1, 0.15) is 73.9 Å². The lowest BCUT2D eigenvalue weighted by Crippen LogP contribution is -2.37. The Kier molecular flexibility index (Phi) is 9.45. The van der Waals surface area contributed by atoms with Crippen molar-refractivity contribution >= 4 is 29.3 Å². The maximum Gasteiger partial charge on any atom is 0.319 e. The Hall–Kier alpha value is -4.18. The SMILES string of the molecule is CCOc1cccc(Cl)c1Cn1c2c(c(O)c(NC(=O)N[C@@H](CC(=O)O)c3cccc(OC4CCCC4)c3)c1=O)CCC2. The number of urea groups is 1. The molecule has 2 amide bonds. The Morgan fingerprint density at radius 1 is 1.12 bits per heavy atom. The molecule has 1 aromatic heterocycles. The number of carboxylic acids is 1. The fourth-order valence-electron chi connectivity index (χ4n) is 5.95. The van der Waals surface area contributed by atoms with Crippen LogP contribution in [0, 0.1) is 0 Å². The number of nitrogens with zero attached hydrogens (tertiary/aromatic N) is 1. The number of pyridine rings is 1. The lowest BCUT2D eigenvalue weighted by Gasteiger charge is -2.21. The van der Waals surface area contributed by atoms with Gasteiger partial charge in [-0.1, -0.05) is 29.8 Å². The molecule has 0 saturated heterocycles. The second-order valence-corrected chi connectivity index (χ2v) is 11.3. The highest BCUT2D eigenvalue weighted by molar-refractivity contribution is 6.31. The first-order chi connectivity index (χ1) is 20.7. The van der Waals surface area contributed by atoms with E-state index in [1.165, 1.54) is 4.57 Å². The van der Waals surface area contributed by atoms with Crippen molar-refractivity contribution in [1.29, 1.82) is 0 Å². The van der Waals surface area contributed by atoms with Gasteiger partial charge in [0.25, 0.3) is 5.56 Å². The molecule has 43 heavy (non-hydrogen) atoms. The van der Waals surface area contributed by atoms with Crippen LogP contribution in [0.4, 0.5) is 10.5 Å². The first-order valence-electron chi connectivity index (χ1n) is 14.7. The third-order valence-electron chi connectivity index (χ3n) is 7.98. The molecule has 1 heterocycles. The molecule has 1 atom stereocenters. The molecule has 1 saturated carbocycles. The summed E-state index contributed by atoms with van der Waals surface area (Å²) in [6.07, 6.45) is 5.72. The van der Waals surface area contributed by atoms with E-state index in [-0.39, 0.29) is 24.1 Å². The van der Waals surface area contributed by atoms with Crippen LogP contribution in [0.3, 0.4) is 0 Å². The van der Waals surface area contributed by atoms with Crippen LogP contribution in [-0.2, 0) is 24.2 Å². The van der Waals surface area contributed by atoms with Crippen LogP contribution in [0.5, 0.6) is 17.2 Å². The number of rotatable bonds is 11. The summed E-state index contributed by atoms with van der Waals surface area (Å²) in [5.74, 6) is -0.244. The zero-order valence-corrected chi connectivity index (χ0v) is 24.8. The van der Waals surface area contributed by atoms with Crippen molar-refractivity contribution in [2.75, 3.05) is 11.9 Å². The number of anilines is 1. The van der Waals surface area contributed by atoms with Gasteiger partial charge in [0.15, 0.2) is 5.69 Å². The van der Waals surface area contributed by atoms with Gasteiger partial charge in [0.2, 0.25) is 0 Å². The number of carboxylic acid groups (broad SMARTS) is 1. The monoisotopic (exact) mass is 609 g/mol. The molecule has 11 heteroatoms. The van der Waals surface area contributed by atoms with Crippen molar-refractivity contribution in [3.63, 3.8) is 0 Å². The van der Waals surface area contributed by atoms with Gasteiger partial charge >= 0.3 is 12.0 Å². The number of aromatic hydroxyl groups is 1. The average Bonchev–Trinajstić information content (AvgIpc) is 3.67. The highest BCUT2D eigenvalue weighted by atomic mass is 35.5. The zero-order valence-electron chi connectivity index (χ0n) is 24.0. The van der Waals surface area contributed by atoms with E-state index in [0.717, 1.165) is 32.1 Å². The Morgan fingerprint density at radius 3 is 2.63 bits per heavy atom. The van der Waals surface area contributed by atoms with Crippen molar-refractivity contribution in [1.82, 2.24) is 9.88 Å². The molecule has 0 unspecified atom stereocenters. The highest BCUT2D eigenvalue weighted by Crippen LogP contribution is 2.36. The number of benzene rings is 2. The molecule has 10 nitrogen and oxygen atoms in total. The van der Waals surface area contributed by atoms with Gasteiger partial charge in [-0.2, -0.15) is 0 Å². The van der Waals surface area contributed by atoms with Gasteiger partial charge in [0, 0.05) is 21.8 Å². The van der Waals surface area contributed by atoms with Gasteiger partial charge in [-0.3, -0.25) is 9.59 Å². The Bertz CT molecular complexity index is 1570. The summed E-state index contributed by atoms with van der Waals surface area (Å²) in [7, 11) is 0. The summed E-state index contributed by atoms with van der Waals surface area (Å²) < 4.78 is 13.3. The van der Waals surface area contributed by atoms with Crippen molar-refractivity contribution in [3.05, 3.63) is 80.2 Å². The minimum atomic E-state index is -1.11. The largest absolute Gasteiger partial charge is 0.505 e. The normalized spacial score (nSPS) is 15.1. The Morgan fingerprint density at radius 2 is 1.88 bits per heavy atom. The predicted molar refractivity (Wildman–Crippen MR) is 163 cm³/mol. The molecule has 0 radical (unpaired) electrons. The van der Waals surface area contributed by atoms with E-state index in [9.17, 15) is 24.6 Å². The van der Waals surface area contributed by atoms with Gasteiger partial charge in [0.05, 0.1) is 31.7 Å². The molecule has 0 aliphatic heterocycles. The third-order valence-corrected chi connectivity index (χ3v) is 8.33. The number of aromatic nitrogens is 1. The number of ether oxygens (including phenoxy) is 2. The molecule has 0 bridgehead atoms. The number of carbonyl (C=O) groups is 2. The van der Waals surface area contributed by atoms with Gasteiger partial charge < -0.3 is 34.9 Å². The van der Waals surface area contributed by atoms with Gasteiger partial charge in [-0.15, -0.1) is 0 Å². The maximum atomic E-state index is 13.8. The van der Waals surface area contributed by atoms with Crippen LogP contribution in [-0.4, -0.2) is 39.5 Å². The first kappa shape index (κ1) is 30.3. The second kappa shape index (κ2) is 13.4. The van der Waals surface area contributed by atoms with Gasteiger partial charge in [-0.25, -0.2) is 4.79 Å². The molecular weight excluding hydrogens is 574 g/mol. The van der Waals surface area contributed by atoms with Crippen molar-refractivity contribution in [3.8, 4) is 17.2 Å². The predicted octanol–water partition coefficient (Wildman–Crippen LogP) is 5.80. The number of carbonyl (C=O) groups excluding carboxylic acids is 1. The molecule has 4 N–H and O–H groups in total. The smallest absolute Gasteiger partial charge is 0.319 e.